The maximum atomic E-state index is 14.6. The molecule has 1 amide bonds. The highest BCUT2D eigenvalue weighted by atomic mass is 32.1. The van der Waals surface area contributed by atoms with Gasteiger partial charge in [0.15, 0.2) is 0 Å². The second-order valence-corrected chi connectivity index (χ2v) is 10.2. The third-order valence-electron chi connectivity index (χ3n) is 6.09. The number of rotatable bonds is 6. The number of hydrogen-bond donors (Lipinski definition) is 1. The van der Waals surface area contributed by atoms with Crippen LogP contribution in [0.25, 0.3) is 10.4 Å². The minimum absolute atomic E-state index is 0.0829. The lowest BCUT2D eigenvalue weighted by atomic mass is 9.88. The predicted octanol–water partition coefficient (Wildman–Crippen LogP) is 5.67. The van der Waals surface area contributed by atoms with Gasteiger partial charge in [0.05, 0.1) is 29.6 Å². The first-order valence-electron chi connectivity index (χ1n) is 11.4. The zero-order chi connectivity index (χ0) is 27.8. The van der Waals surface area contributed by atoms with Crippen LogP contribution in [0.4, 0.5) is 32.3 Å². The molecule has 1 aromatic carbocycles. The summed E-state index contributed by atoms with van der Waals surface area (Å²) in [6, 6.07) is 4.73. The van der Waals surface area contributed by atoms with Gasteiger partial charge in [-0.3, -0.25) is 4.79 Å². The highest BCUT2D eigenvalue weighted by molar-refractivity contribution is 7.15. The van der Waals surface area contributed by atoms with E-state index < -0.39 is 60.2 Å². The van der Waals surface area contributed by atoms with Crippen LogP contribution in [0.15, 0.2) is 30.5 Å². The van der Waals surface area contributed by atoms with Gasteiger partial charge in [-0.2, -0.15) is 18.2 Å². The van der Waals surface area contributed by atoms with Gasteiger partial charge in [0.25, 0.3) is 11.8 Å². The average molecular weight is 560 g/mol. The molecule has 1 saturated heterocycles. The number of hydrogen-bond acceptors (Lipinski definition) is 7. The van der Waals surface area contributed by atoms with Gasteiger partial charge >= 0.3 is 6.18 Å². The number of methoxy groups -OCH3 is 1. The number of piperidine rings is 1. The van der Waals surface area contributed by atoms with Crippen molar-refractivity contribution in [3.05, 3.63) is 52.5 Å². The van der Waals surface area contributed by atoms with Crippen LogP contribution in [0, 0.1) is 18.7 Å². The third kappa shape index (κ3) is 5.84. The van der Waals surface area contributed by atoms with Crippen molar-refractivity contribution in [2.24, 2.45) is 5.92 Å². The quantitative estimate of drug-likeness (QED) is 0.392. The number of benzene rings is 1. The lowest BCUT2D eigenvalue weighted by Gasteiger charge is -2.43. The summed E-state index contributed by atoms with van der Waals surface area (Å²) >= 11 is 1.13. The normalized spacial score (nSPS) is 19.3. The van der Waals surface area contributed by atoms with Crippen LogP contribution < -0.4 is 10.1 Å². The molecule has 0 saturated carbocycles. The molecule has 0 aliphatic carbocycles. The molecule has 3 aromatic rings. The number of halogens is 6. The summed E-state index contributed by atoms with van der Waals surface area (Å²) in [7, 11) is 1.03. The van der Waals surface area contributed by atoms with E-state index in [1.54, 1.807) is 19.9 Å². The van der Waals surface area contributed by atoms with Gasteiger partial charge in [-0.15, -0.1) is 11.3 Å². The molecule has 4 rings (SSSR count). The standard InChI is InChI=1S/C24H23F6N5O2S/c1-12-8-23(26,27)11-35(17(12)10-32-22-31-9-16(24(28,29)30)20(34-22)37-3)21(36)18-19(38-13(2)33-18)14-5-4-6-15(25)7-14/h4-7,9,12,17H,8,10-11H2,1-3H3,(H,31,32,34)/t12-,17-/m1/s1. The molecular weight excluding hydrogens is 536 g/mol. The van der Waals surface area contributed by atoms with E-state index in [0.29, 0.717) is 21.6 Å². The molecule has 38 heavy (non-hydrogen) atoms. The Kier molecular flexibility index (Phi) is 7.55. The number of anilines is 1. The van der Waals surface area contributed by atoms with Gasteiger partial charge in [-0.05, 0) is 30.5 Å². The van der Waals surface area contributed by atoms with Gasteiger partial charge < -0.3 is 15.0 Å². The smallest absolute Gasteiger partial charge is 0.423 e. The maximum Gasteiger partial charge on any atom is 0.423 e. The zero-order valence-electron chi connectivity index (χ0n) is 20.4. The number of thiazole rings is 1. The number of alkyl halides is 5. The molecule has 3 heterocycles. The highest BCUT2D eigenvalue weighted by Crippen LogP contribution is 2.38. The van der Waals surface area contributed by atoms with E-state index in [0.717, 1.165) is 23.3 Å². The van der Waals surface area contributed by atoms with E-state index in [1.807, 2.05) is 0 Å². The summed E-state index contributed by atoms with van der Waals surface area (Å²) in [5.74, 6) is -6.11. The molecule has 2 atom stereocenters. The van der Waals surface area contributed by atoms with Crippen molar-refractivity contribution in [2.45, 2.75) is 38.4 Å². The van der Waals surface area contributed by atoms with E-state index in [-0.39, 0.29) is 18.2 Å². The number of aromatic nitrogens is 3. The Balaban J connectivity index is 1.63. The minimum atomic E-state index is -4.73. The van der Waals surface area contributed by atoms with E-state index in [2.05, 4.69) is 20.3 Å². The van der Waals surface area contributed by atoms with Crippen molar-refractivity contribution in [3.8, 4) is 16.3 Å². The first-order valence-corrected chi connectivity index (χ1v) is 12.2. The summed E-state index contributed by atoms with van der Waals surface area (Å²) in [4.78, 5) is 26.6. The Morgan fingerprint density at radius 2 is 2.03 bits per heavy atom. The van der Waals surface area contributed by atoms with E-state index in [9.17, 15) is 31.1 Å². The van der Waals surface area contributed by atoms with E-state index >= 15 is 0 Å². The molecule has 1 fully saturated rings. The molecule has 0 unspecified atom stereocenters. The fourth-order valence-electron chi connectivity index (χ4n) is 4.41. The fraction of sp³-hybridized carbons (Fsp3) is 0.417. The number of likely N-dealkylation sites (tertiary alicyclic amines) is 1. The number of ether oxygens (including phenoxy) is 1. The van der Waals surface area contributed by atoms with Crippen molar-refractivity contribution in [1.29, 1.82) is 0 Å². The molecule has 1 aliphatic rings. The molecule has 0 bridgehead atoms. The monoisotopic (exact) mass is 559 g/mol. The third-order valence-corrected chi connectivity index (χ3v) is 7.11. The predicted molar refractivity (Wildman–Crippen MR) is 128 cm³/mol. The van der Waals surface area contributed by atoms with Crippen LogP contribution in [0.3, 0.4) is 0 Å². The SMILES string of the molecule is COc1nc(NC[C@@H]2[C@H](C)CC(F)(F)CN2C(=O)c2nc(C)sc2-c2cccc(F)c2)ncc1C(F)(F)F. The molecule has 0 radical (unpaired) electrons. The number of carbonyl (C=O) groups is 1. The summed E-state index contributed by atoms with van der Waals surface area (Å²) in [5, 5.41) is 3.24. The van der Waals surface area contributed by atoms with Crippen LogP contribution in [-0.4, -0.2) is 57.9 Å². The van der Waals surface area contributed by atoms with Gasteiger partial charge in [0.2, 0.25) is 11.8 Å². The summed E-state index contributed by atoms with van der Waals surface area (Å²) in [5.41, 5.74) is -0.868. The Morgan fingerprint density at radius 1 is 1.29 bits per heavy atom. The minimum Gasteiger partial charge on any atom is -0.480 e. The molecular formula is C24H23F6N5O2S. The number of amides is 1. The van der Waals surface area contributed by atoms with Crippen LogP contribution in [0.2, 0.25) is 0 Å². The number of nitrogens with one attached hydrogen (secondary N) is 1. The largest absolute Gasteiger partial charge is 0.480 e. The average Bonchev–Trinajstić information content (AvgIpc) is 3.23. The van der Waals surface area contributed by atoms with Crippen molar-refractivity contribution < 1.29 is 35.9 Å². The lowest BCUT2D eigenvalue weighted by Crippen LogP contribution is -2.57. The van der Waals surface area contributed by atoms with Crippen LogP contribution in [0.1, 0.15) is 34.4 Å². The van der Waals surface area contributed by atoms with Gasteiger partial charge in [0, 0.05) is 19.2 Å². The van der Waals surface area contributed by atoms with E-state index in [4.69, 9.17) is 4.74 Å². The van der Waals surface area contributed by atoms with Crippen LogP contribution in [0.5, 0.6) is 5.88 Å². The Labute approximate surface area is 217 Å². The van der Waals surface area contributed by atoms with Gasteiger partial charge in [-0.25, -0.2) is 23.1 Å². The maximum absolute atomic E-state index is 14.6. The molecule has 2 aromatic heterocycles. The van der Waals surface area contributed by atoms with Gasteiger partial charge in [-0.1, -0.05) is 19.1 Å². The number of aryl methyl sites for hydroxylation is 1. The Bertz CT molecular complexity index is 1330. The molecule has 7 nitrogen and oxygen atoms in total. The molecule has 1 N–H and O–H groups in total. The number of nitrogens with zero attached hydrogens (tertiary/aromatic N) is 4. The number of carbonyl (C=O) groups excluding carboxylic acids is 1. The van der Waals surface area contributed by atoms with Crippen LogP contribution in [-0.2, 0) is 6.18 Å². The van der Waals surface area contributed by atoms with Crippen molar-refractivity contribution >= 4 is 23.2 Å². The van der Waals surface area contributed by atoms with Crippen LogP contribution >= 0.6 is 11.3 Å². The first kappa shape index (κ1) is 27.6. The topological polar surface area (TPSA) is 80.2 Å². The lowest BCUT2D eigenvalue weighted by molar-refractivity contribution is -0.139. The van der Waals surface area contributed by atoms with Crippen molar-refractivity contribution in [3.63, 3.8) is 0 Å². The van der Waals surface area contributed by atoms with Crippen molar-refractivity contribution in [2.75, 3.05) is 25.5 Å². The summed E-state index contributed by atoms with van der Waals surface area (Å²) in [6.07, 6.45) is -4.69. The molecule has 0 spiro atoms. The van der Waals surface area contributed by atoms with Gasteiger partial charge in [0.1, 0.15) is 17.1 Å². The zero-order valence-corrected chi connectivity index (χ0v) is 21.3. The first-order chi connectivity index (χ1) is 17.8. The summed E-state index contributed by atoms with van der Waals surface area (Å²) < 4.78 is 87.2. The van der Waals surface area contributed by atoms with Crippen molar-refractivity contribution in [1.82, 2.24) is 19.9 Å². The molecule has 204 valence electrons. The second-order valence-electron chi connectivity index (χ2n) is 8.95. The summed E-state index contributed by atoms with van der Waals surface area (Å²) in [6.45, 7) is 2.18. The highest BCUT2D eigenvalue weighted by Gasteiger charge is 2.47. The second kappa shape index (κ2) is 10.4. The Morgan fingerprint density at radius 3 is 2.68 bits per heavy atom. The molecule has 14 heteroatoms. The van der Waals surface area contributed by atoms with E-state index in [1.165, 1.54) is 18.2 Å². The Hall–Kier alpha value is -3.42. The fourth-order valence-corrected chi connectivity index (χ4v) is 5.32. The molecule has 1 aliphatic heterocycles.